The lowest BCUT2D eigenvalue weighted by molar-refractivity contribution is 0.0687. The quantitative estimate of drug-likeness (QED) is 0.777. The van der Waals surface area contributed by atoms with Gasteiger partial charge in [0.25, 0.3) is 5.91 Å². The molecule has 0 aliphatic heterocycles. The molecule has 1 heterocycles. The highest BCUT2D eigenvalue weighted by Crippen LogP contribution is 2.10. The van der Waals surface area contributed by atoms with Gasteiger partial charge in [0.1, 0.15) is 4.88 Å². The van der Waals surface area contributed by atoms with E-state index in [4.69, 9.17) is 5.11 Å². The van der Waals surface area contributed by atoms with Gasteiger partial charge in [-0.25, -0.2) is 0 Å². The van der Waals surface area contributed by atoms with E-state index in [2.05, 4.69) is 4.98 Å². The van der Waals surface area contributed by atoms with Crippen molar-refractivity contribution in [2.24, 2.45) is 0 Å². The maximum absolute atomic E-state index is 11.6. The molecule has 1 aromatic heterocycles. The molecule has 72 valence electrons. The summed E-state index contributed by atoms with van der Waals surface area (Å²) in [5.41, 5.74) is 1.62. The van der Waals surface area contributed by atoms with Crippen LogP contribution < -0.4 is 0 Å². The van der Waals surface area contributed by atoms with Gasteiger partial charge in [0.15, 0.2) is 0 Å². The van der Waals surface area contributed by atoms with E-state index in [1.807, 2.05) is 0 Å². The molecule has 0 spiro atoms. The van der Waals surface area contributed by atoms with E-state index in [-0.39, 0.29) is 18.6 Å². The molecule has 1 unspecified atom stereocenters. The minimum atomic E-state index is -0.158. The Balaban J connectivity index is 2.68. The first-order chi connectivity index (χ1) is 6.16. The summed E-state index contributed by atoms with van der Waals surface area (Å²) < 4.78 is 0. The van der Waals surface area contributed by atoms with Crippen LogP contribution in [0.2, 0.25) is 0 Å². The van der Waals surface area contributed by atoms with E-state index >= 15 is 0 Å². The van der Waals surface area contributed by atoms with Crippen molar-refractivity contribution in [1.29, 1.82) is 0 Å². The van der Waals surface area contributed by atoms with Crippen LogP contribution in [-0.2, 0) is 0 Å². The lowest BCUT2D eigenvalue weighted by Crippen LogP contribution is -2.36. The summed E-state index contributed by atoms with van der Waals surface area (Å²) in [6.07, 6.45) is 1.54. The normalized spacial score (nSPS) is 12.5. The molecule has 0 aliphatic carbocycles. The summed E-state index contributed by atoms with van der Waals surface area (Å²) in [6.45, 7) is 1.76. The molecule has 1 amide bonds. The van der Waals surface area contributed by atoms with Crippen LogP contribution in [-0.4, -0.2) is 40.6 Å². The number of aliphatic hydroxyl groups is 1. The highest BCUT2D eigenvalue weighted by molar-refractivity contribution is 7.11. The van der Waals surface area contributed by atoms with Crippen molar-refractivity contribution in [3.63, 3.8) is 0 Å². The van der Waals surface area contributed by atoms with Gasteiger partial charge >= 0.3 is 0 Å². The third-order valence-electron chi connectivity index (χ3n) is 1.89. The molecule has 0 aromatic carbocycles. The summed E-state index contributed by atoms with van der Waals surface area (Å²) in [6, 6.07) is -0.158. The fourth-order valence-electron chi connectivity index (χ4n) is 0.818. The van der Waals surface area contributed by atoms with Gasteiger partial charge in [-0.05, 0) is 6.92 Å². The zero-order valence-corrected chi connectivity index (χ0v) is 8.41. The minimum absolute atomic E-state index is 0.0267. The Bertz CT molecular complexity index is 274. The number of thiazole rings is 1. The first-order valence-electron chi connectivity index (χ1n) is 3.93. The van der Waals surface area contributed by atoms with Gasteiger partial charge in [0, 0.05) is 7.05 Å². The van der Waals surface area contributed by atoms with Crippen molar-refractivity contribution in [2.75, 3.05) is 13.7 Å². The van der Waals surface area contributed by atoms with Crippen molar-refractivity contribution in [1.82, 2.24) is 9.88 Å². The summed E-state index contributed by atoms with van der Waals surface area (Å²) in [4.78, 5) is 17.5. The molecular formula is C8H12N2O2S. The van der Waals surface area contributed by atoms with Gasteiger partial charge in [0.05, 0.1) is 24.4 Å². The SMILES string of the molecule is CC(CO)N(C)C(=O)c1cncs1. The van der Waals surface area contributed by atoms with Crippen LogP contribution in [0.5, 0.6) is 0 Å². The van der Waals surface area contributed by atoms with Gasteiger partial charge in [0.2, 0.25) is 0 Å². The third-order valence-corrected chi connectivity index (χ3v) is 2.65. The van der Waals surface area contributed by atoms with E-state index in [1.165, 1.54) is 22.4 Å². The first kappa shape index (κ1) is 10.1. The number of carbonyl (C=O) groups excluding carboxylic acids is 1. The van der Waals surface area contributed by atoms with Gasteiger partial charge in [-0.3, -0.25) is 9.78 Å². The molecule has 5 heteroatoms. The number of carbonyl (C=O) groups is 1. The molecule has 1 atom stereocenters. The van der Waals surface area contributed by atoms with Crippen molar-refractivity contribution in [3.8, 4) is 0 Å². The number of aliphatic hydroxyl groups excluding tert-OH is 1. The second-order valence-electron chi connectivity index (χ2n) is 2.81. The second kappa shape index (κ2) is 4.34. The summed E-state index contributed by atoms with van der Waals surface area (Å²) in [7, 11) is 1.67. The van der Waals surface area contributed by atoms with E-state index in [0.29, 0.717) is 4.88 Å². The molecule has 0 saturated carbocycles. The summed E-state index contributed by atoms with van der Waals surface area (Å²) in [5, 5.41) is 8.85. The average molecular weight is 200 g/mol. The Morgan fingerprint density at radius 3 is 3.00 bits per heavy atom. The van der Waals surface area contributed by atoms with Crippen LogP contribution in [0.25, 0.3) is 0 Å². The molecule has 0 saturated heterocycles. The number of likely N-dealkylation sites (N-methyl/N-ethyl adjacent to an activating group) is 1. The molecular weight excluding hydrogens is 188 g/mol. The second-order valence-corrected chi connectivity index (χ2v) is 3.70. The number of amides is 1. The average Bonchev–Trinajstić information content (AvgIpc) is 2.67. The highest BCUT2D eigenvalue weighted by Gasteiger charge is 2.17. The molecule has 13 heavy (non-hydrogen) atoms. The van der Waals surface area contributed by atoms with Crippen LogP contribution in [0, 0.1) is 0 Å². The van der Waals surface area contributed by atoms with Crippen LogP contribution >= 0.6 is 11.3 Å². The molecule has 0 radical (unpaired) electrons. The van der Waals surface area contributed by atoms with Crippen molar-refractivity contribution >= 4 is 17.2 Å². The van der Waals surface area contributed by atoms with Crippen LogP contribution in [0.3, 0.4) is 0 Å². The monoisotopic (exact) mass is 200 g/mol. The number of hydrogen-bond acceptors (Lipinski definition) is 4. The number of aromatic nitrogens is 1. The molecule has 0 aliphatic rings. The Morgan fingerprint density at radius 1 is 1.85 bits per heavy atom. The van der Waals surface area contributed by atoms with Gasteiger partial charge in [-0.2, -0.15) is 0 Å². The number of hydrogen-bond donors (Lipinski definition) is 1. The largest absolute Gasteiger partial charge is 0.394 e. The summed E-state index contributed by atoms with van der Waals surface area (Å²) >= 11 is 1.30. The first-order valence-corrected chi connectivity index (χ1v) is 4.81. The van der Waals surface area contributed by atoms with E-state index in [9.17, 15) is 4.79 Å². The Morgan fingerprint density at radius 2 is 2.54 bits per heavy atom. The molecule has 0 bridgehead atoms. The fourth-order valence-corrected chi connectivity index (χ4v) is 1.42. The maximum atomic E-state index is 11.6. The molecule has 1 rings (SSSR count). The van der Waals surface area contributed by atoms with Crippen LogP contribution in [0.1, 0.15) is 16.6 Å². The smallest absolute Gasteiger partial charge is 0.265 e. The van der Waals surface area contributed by atoms with Crippen molar-refractivity contribution in [2.45, 2.75) is 13.0 Å². The predicted molar refractivity (Wildman–Crippen MR) is 50.8 cm³/mol. The molecule has 1 aromatic rings. The Labute approximate surface area is 80.8 Å². The Hall–Kier alpha value is -0.940. The van der Waals surface area contributed by atoms with Crippen LogP contribution in [0.15, 0.2) is 11.7 Å². The minimum Gasteiger partial charge on any atom is -0.394 e. The standard InChI is InChI=1S/C8H12N2O2S/c1-6(4-11)10(2)8(12)7-3-9-5-13-7/h3,5-6,11H,4H2,1-2H3. The van der Waals surface area contributed by atoms with E-state index < -0.39 is 0 Å². The highest BCUT2D eigenvalue weighted by atomic mass is 32.1. The zero-order chi connectivity index (χ0) is 9.84. The van der Waals surface area contributed by atoms with Gasteiger partial charge in [-0.15, -0.1) is 11.3 Å². The fraction of sp³-hybridized carbons (Fsp3) is 0.500. The zero-order valence-electron chi connectivity index (χ0n) is 7.60. The summed E-state index contributed by atoms with van der Waals surface area (Å²) in [5.74, 6) is -0.0935. The van der Waals surface area contributed by atoms with E-state index in [1.54, 1.807) is 19.5 Å². The lowest BCUT2D eigenvalue weighted by Gasteiger charge is -2.22. The van der Waals surface area contributed by atoms with E-state index in [0.717, 1.165) is 0 Å². The topological polar surface area (TPSA) is 53.4 Å². The van der Waals surface area contributed by atoms with Crippen molar-refractivity contribution in [3.05, 3.63) is 16.6 Å². The maximum Gasteiger partial charge on any atom is 0.265 e. The van der Waals surface area contributed by atoms with Crippen LogP contribution in [0.4, 0.5) is 0 Å². The number of nitrogens with zero attached hydrogens (tertiary/aromatic N) is 2. The third kappa shape index (κ3) is 2.26. The Kier molecular flexibility index (Phi) is 3.39. The number of rotatable bonds is 3. The van der Waals surface area contributed by atoms with Crippen molar-refractivity contribution < 1.29 is 9.90 Å². The predicted octanol–water partition coefficient (Wildman–Crippen LogP) is 0.596. The molecule has 4 nitrogen and oxygen atoms in total. The van der Waals surface area contributed by atoms with Gasteiger partial charge in [-0.1, -0.05) is 0 Å². The van der Waals surface area contributed by atoms with Gasteiger partial charge < -0.3 is 10.0 Å². The molecule has 0 fully saturated rings. The lowest BCUT2D eigenvalue weighted by atomic mass is 10.3. The molecule has 1 N–H and O–H groups in total.